The van der Waals surface area contributed by atoms with Crippen LogP contribution in [-0.2, 0) is 20.6 Å². The Balaban J connectivity index is 1.74. The maximum Gasteiger partial charge on any atom is 0.323 e. The molecule has 184 valence electrons. The van der Waals surface area contributed by atoms with E-state index in [9.17, 15) is 14.5 Å². The van der Waals surface area contributed by atoms with Crippen LogP contribution in [-0.4, -0.2) is 48.6 Å². The van der Waals surface area contributed by atoms with Crippen molar-refractivity contribution >= 4 is 30.4 Å². The molecule has 1 unspecified atom stereocenters. The largest absolute Gasteiger partial charge is 0.480 e. The number of fused-ring (bicyclic) bond motifs is 1. The molecule has 0 radical (unpaired) electrons. The molecular weight excluding hydrogens is 457 g/mol. The van der Waals surface area contributed by atoms with Crippen LogP contribution in [0.15, 0.2) is 36.9 Å². The molecule has 2 heterocycles. The first kappa shape index (κ1) is 25.8. The zero-order valence-corrected chi connectivity index (χ0v) is 20.9. The second-order valence-corrected chi connectivity index (χ2v) is 11.2. The smallest absolute Gasteiger partial charge is 0.323 e. The Morgan fingerprint density at radius 1 is 1.24 bits per heavy atom. The molecule has 0 bridgehead atoms. The standard InChI is InChI=1S/C22H32N7O4P/c1-14-6-8-17(9-7-14)16(3)27-34(32,28-22(4,5)21(30)31)13-33-15(2)10-29-12-26-18-19(23)24-11-25-20(18)29/h6-9,11-12,15-16H,10,13H2,1-5H3,(H,30,31)(H2,23,24,25)(H2,27,28,32)/t15-,16-,34?/m1/s1. The number of hydrogen-bond acceptors (Lipinski definition) is 7. The predicted octanol–water partition coefficient (Wildman–Crippen LogP) is 3.08. The molecule has 0 saturated heterocycles. The number of anilines is 1. The normalized spacial score (nSPS) is 15.7. The number of carboxylic acid groups (broad SMARTS) is 1. The SMILES string of the molecule is Cc1ccc([C@@H](C)NP(=O)(CO[C@H](C)Cn2cnc3c(N)ncnc32)NC(C)(C)C(=O)O)cc1. The van der Waals surface area contributed by atoms with E-state index in [2.05, 4.69) is 25.1 Å². The minimum Gasteiger partial charge on any atom is -0.480 e. The van der Waals surface area contributed by atoms with E-state index in [-0.39, 0.29) is 24.3 Å². The van der Waals surface area contributed by atoms with E-state index in [4.69, 9.17) is 10.5 Å². The highest BCUT2D eigenvalue weighted by Gasteiger charge is 2.37. The monoisotopic (exact) mass is 489 g/mol. The molecule has 0 fully saturated rings. The second kappa shape index (κ2) is 10.2. The van der Waals surface area contributed by atoms with Crippen molar-refractivity contribution in [2.24, 2.45) is 0 Å². The molecule has 3 rings (SSSR count). The molecule has 0 spiro atoms. The molecule has 1 aromatic carbocycles. The summed E-state index contributed by atoms with van der Waals surface area (Å²) < 4.78 is 21.6. The van der Waals surface area contributed by atoms with Crippen molar-refractivity contribution in [2.75, 3.05) is 12.1 Å². The second-order valence-electron chi connectivity index (χ2n) is 8.98. The van der Waals surface area contributed by atoms with Gasteiger partial charge in [0.15, 0.2) is 11.5 Å². The zero-order chi connectivity index (χ0) is 25.1. The fraction of sp³-hybridized carbons (Fsp3) is 0.455. The number of aryl methyl sites for hydroxylation is 1. The lowest BCUT2D eigenvalue weighted by molar-refractivity contribution is -0.142. The number of carbonyl (C=O) groups is 1. The topological polar surface area (TPSA) is 157 Å². The number of nitrogens with one attached hydrogen (secondary N) is 2. The number of aliphatic carboxylic acids is 1. The van der Waals surface area contributed by atoms with Crippen LogP contribution in [0.5, 0.6) is 0 Å². The third-order valence-electron chi connectivity index (χ3n) is 5.40. The van der Waals surface area contributed by atoms with Crippen LogP contribution in [0.2, 0.25) is 0 Å². The van der Waals surface area contributed by atoms with Crippen LogP contribution < -0.4 is 15.9 Å². The van der Waals surface area contributed by atoms with Gasteiger partial charge in [0.2, 0.25) is 7.44 Å². The molecule has 34 heavy (non-hydrogen) atoms. The number of carboxylic acids is 1. The van der Waals surface area contributed by atoms with Crippen molar-refractivity contribution in [3.8, 4) is 0 Å². The Morgan fingerprint density at radius 2 is 1.91 bits per heavy atom. The first-order valence-corrected chi connectivity index (χ1v) is 12.8. The van der Waals surface area contributed by atoms with Crippen molar-refractivity contribution in [1.29, 1.82) is 0 Å². The van der Waals surface area contributed by atoms with Crippen LogP contribution in [0.3, 0.4) is 0 Å². The molecule has 11 nitrogen and oxygen atoms in total. The van der Waals surface area contributed by atoms with Gasteiger partial charge in [-0.1, -0.05) is 29.8 Å². The van der Waals surface area contributed by atoms with E-state index in [0.29, 0.717) is 17.7 Å². The number of nitrogens with zero attached hydrogens (tertiary/aromatic N) is 4. The van der Waals surface area contributed by atoms with E-state index >= 15 is 0 Å². The molecule has 0 aliphatic carbocycles. The number of ether oxygens (including phenoxy) is 1. The Labute approximate surface area is 198 Å². The van der Waals surface area contributed by atoms with Gasteiger partial charge >= 0.3 is 5.97 Å². The molecule has 12 heteroatoms. The van der Waals surface area contributed by atoms with Crippen molar-refractivity contribution < 1.29 is 19.2 Å². The molecule has 0 aliphatic heterocycles. The minimum absolute atomic E-state index is 0.217. The van der Waals surface area contributed by atoms with Gasteiger partial charge in [-0.15, -0.1) is 0 Å². The van der Waals surface area contributed by atoms with Crippen molar-refractivity contribution in [1.82, 2.24) is 29.7 Å². The summed E-state index contributed by atoms with van der Waals surface area (Å²) in [6, 6.07) is 7.52. The van der Waals surface area contributed by atoms with Crippen LogP contribution in [0.1, 0.15) is 44.9 Å². The highest BCUT2D eigenvalue weighted by Crippen LogP contribution is 2.42. The van der Waals surface area contributed by atoms with E-state index in [1.165, 1.54) is 20.2 Å². The van der Waals surface area contributed by atoms with Gasteiger partial charge < -0.3 is 20.1 Å². The average Bonchev–Trinajstić information content (AvgIpc) is 3.16. The number of benzene rings is 1. The lowest BCUT2D eigenvalue weighted by atomic mass is 10.1. The Morgan fingerprint density at radius 3 is 2.56 bits per heavy atom. The fourth-order valence-corrected chi connectivity index (χ4v) is 5.88. The van der Waals surface area contributed by atoms with E-state index in [0.717, 1.165) is 11.1 Å². The third-order valence-corrected chi connectivity index (χ3v) is 7.64. The molecule has 3 atom stereocenters. The highest BCUT2D eigenvalue weighted by molar-refractivity contribution is 7.59. The molecule has 5 N–H and O–H groups in total. The Bertz CT molecular complexity index is 1200. The quantitative estimate of drug-likeness (QED) is 0.295. The van der Waals surface area contributed by atoms with Gasteiger partial charge in [-0.25, -0.2) is 25.1 Å². The van der Waals surface area contributed by atoms with Gasteiger partial charge in [-0.3, -0.25) is 9.36 Å². The lowest BCUT2D eigenvalue weighted by Gasteiger charge is -2.32. The molecule has 0 aliphatic rings. The summed E-state index contributed by atoms with van der Waals surface area (Å²) in [7, 11) is -3.50. The Hall–Kier alpha value is -2.85. The van der Waals surface area contributed by atoms with Crippen LogP contribution in [0, 0.1) is 6.92 Å². The summed E-state index contributed by atoms with van der Waals surface area (Å²) in [6.07, 6.45) is 2.36. The number of nitrogens with two attached hydrogens (primary N) is 1. The maximum atomic E-state index is 13.9. The first-order chi connectivity index (χ1) is 15.9. The highest BCUT2D eigenvalue weighted by atomic mass is 31.2. The van der Waals surface area contributed by atoms with Crippen molar-refractivity contribution in [3.05, 3.63) is 48.0 Å². The number of aromatic nitrogens is 4. The summed E-state index contributed by atoms with van der Waals surface area (Å²) in [5, 5.41) is 15.5. The van der Waals surface area contributed by atoms with E-state index in [1.54, 1.807) is 10.9 Å². The predicted molar refractivity (Wildman–Crippen MR) is 130 cm³/mol. The van der Waals surface area contributed by atoms with Gasteiger partial charge in [-0.05, 0) is 40.2 Å². The van der Waals surface area contributed by atoms with Gasteiger partial charge in [0.05, 0.1) is 19.0 Å². The average molecular weight is 490 g/mol. The number of nitrogen functional groups attached to an aromatic ring is 1. The van der Waals surface area contributed by atoms with E-state index < -0.39 is 19.0 Å². The number of rotatable bonds is 11. The number of hydrogen-bond donors (Lipinski definition) is 4. The summed E-state index contributed by atoms with van der Waals surface area (Å²) in [4.78, 5) is 24.1. The molecule has 0 saturated carbocycles. The van der Waals surface area contributed by atoms with Crippen LogP contribution in [0.4, 0.5) is 5.82 Å². The van der Waals surface area contributed by atoms with E-state index in [1.807, 2.05) is 45.0 Å². The van der Waals surface area contributed by atoms with Gasteiger partial charge in [0.1, 0.15) is 23.7 Å². The Kier molecular flexibility index (Phi) is 7.72. The summed E-state index contributed by atoms with van der Waals surface area (Å²) in [5.74, 6) is -0.830. The zero-order valence-electron chi connectivity index (χ0n) is 20.0. The third kappa shape index (κ3) is 6.18. The summed E-state index contributed by atoms with van der Waals surface area (Å²) in [6.45, 7) is 8.99. The van der Waals surface area contributed by atoms with Crippen LogP contribution in [0.25, 0.3) is 11.2 Å². The number of imidazole rings is 1. The molecule has 3 aromatic rings. The molecule has 2 aromatic heterocycles. The summed E-state index contributed by atoms with van der Waals surface area (Å²) in [5.41, 5.74) is 7.52. The van der Waals surface area contributed by atoms with Gasteiger partial charge in [0.25, 0.3) is 0 Å². The first-order valence-electron chi connectivity index (χ1n) is 10.9. The van der Waals surface area contributed by atoms with Crippen molar-refractivity contribution in [2.45, 2.75) is 58.8 Å². The lowest BCUT2D eigenvalue weighted by Crippen LogP contribution is -2.47. The minimum atomic E-state index is -3.50. The van der Waals surface area contributed by atoms with Crippen LogP contribution >= 0.6 is 7.44 Å². The summed E-state index contributed by atoms with van der Waals surface area (Å²) >= 11 is 0. The molecular formula is C22H32N7O4P. The van der Waals surface area contributed by atoms with Gasteiger partial charge in [0, 0.05) is 6.04 Å². The maximum absolute atomic E-state index is 13.9. The fourth-order valence-electron chi connectivity index (χ4n) is 3.44. The van der Waals surface area contributed by atoms with Gasteiger partial charge in [-0.2, -0.15) is 0 Å². The molecule has 0 amide bonds. The van der Waals surface area contributed by atoms with Crippen molar-refractivity contribution in [3.63, 3.8) is 0 Å².